The van der Waals surface area contributed by atoms with E-state index in [1.807, 2.05) is 16.2 Å². The molecule has 1 aromatic carbocycles. The van der Waals surface area contributed by atoms with Gasteiger partial charge in [0.25, 0.3) is 0 Å². The van der Waals surface area contributed by atoms with Gasteiger partial charge in [-0.1, -0.05) is 17.7 Å². The van der Waals surface area contributed by atoms with E-state index in [1.54, 1.807) is 0 Å². The van der Waals surface area contributed by atoms with Crippen LogP contribution in [0.5, 0.6) is 0 Å². The number of rotatable bonds is 2. The molecule has 19 heavy (non-hydrogen) atoms. The summed E-state index contributed by atoms with van der Waals surface area (Å²) in [5.74, 6) is 0. The van der Waals surface area contributed by atoms with Gasteiger partial charge in [-0.25, -0.2) is 4.68 Å². The largest absolute Gasteiger partial charge is 0.327 e. The van der Waals surface area contributed by atoms with Crippen molar-refractivity contribution in [3.05, 3.63) is 40.3 Å². The fourth-order valence-corrected chi connectivity index (χ4v) is 2.65. The maximum absolute atomic E-state index is 5.45. The molecule has 0 saturated carbocycles. The highest BCUT2D eigenvalue weighted by atomic mass is 32.1. The fraction of sp³-hybridized carbons (Fsp3) is 0.286. The summed E-state index contributed by atoms with van der Waals surface area (Å²) in [6.45, 7) is 6.99. The Bertz CT molecular complexity index is 789. The third-order valence-electron chi connectivity index (χ3n) is 3.34. The zero-order chi connectivity index (χ0) is 13.6. The number of hydrogen-bond donors (Lipinski definition) is 1. The first-order valence-electron chi connectivity index (χ1n) is 6.37. The number of benzene rings is 1. The average molecular weight is 272 g/mol. The number of fused-ring (bicyclic) bond motifs is 1. The van der Waals surface area contributed by atoms with Crippen LogP contribution in [0.2, 0.25) is 0 Å². The number of hydrogen-bond acceptors (Lipinski definition) is 2. The Morgan fingerprint density at radius 2 is 1.89 bits per heavy atom. The van der Waals surface area contributed by atoms with Crippen LogP contribution in [0, 0.1) is 18.6 Å². The third kappa shape index (κ3) is 1.81. The van der Waals surface area contributed by atoms with E-state index in [-0.39, 0.29) is 0 Å². The van der Waals surface area contributed by atoms with Crippen LogP contribution in [0.25, 0.3) is 16.9 Å². The number of aromatic amines is 1. The van der Waals surface area contributed by atoms with Gasteiger partial charge in [-0.2, -0.15) is 5.10 Å². The van der Waals surface area contributed by atoms with Crippen molar-refractivity contribution in [2.45, 2.75) is 27.3 Å². The van der Waals surface area contributed by atoms with E-state index in [4.69, 9.17) is 12.2 Å². The molecule has 1 N–H and O–H groups in total. The van der Waals surface area contributed by atoms with E-state index in [2.05, 4.69) is 48.2 Å². The Hall–Kier alpha value is -1.88. The van der Waals surface area contributed by atoms with Crippen LogP contribution in [-0.2, 0) is 6.54 Å². The lowest BCUT2D eigenvalue weighted by molar-refractivity contribution is 0.662. The summed E-state index contributed by atoms with van der Waals surface area (Å²) in [4.78, 5) is 3.26. The van der Waals surface area contributed by atoms with Crippen molar-refractivity contribution in [1.29, 1.82) is 0 Å². The van der Waals surface area contributed by atoms with E-state index >= 15 is 0 Å². The van der Waals surface area contributed by atoms with Crippen molar-refractivity contribution in [3.8, 4) is 5.69 Å². The fourth-order valence-electron chi connectivity index (χ4n) is 2.36. The normalized spacial score (nSPS) is 11.3. The summed E-state index contributed by atoms with van der Waals surface area (Å²) in [5.41, 5.74) is 5.34. The summed E-state index contributed by atoms with van der Waals surface area (Å²) in [7, 11) is 0. The zero-order valence-electron chi connectivity index (χ0n) is 11.3. The van der Waals surface area contributed by atoms with Gasteiger partial charge >= 0.3 is 0 Å². The molecule has 3 rings (SSSR count). The highest BCUT2D eigenvalue weighted by Gasteiger charge is 2.14. The maximum Gasteiger partial charge on any atom is 0.184 e. The number of aryl methyl sites for hydroxylation is 3. The van der Waals surface area contributed by atoms with Gasteiger partial charge in [-0.05, 0) is 45.1 Å². The smallest absolute Gasteiger partial charge is 0.184 e. The Morgan fingerprint density at radius 1 is 1.21 bits per heavy atom. The second kappa shape index (κ2) is 4.35. The number of nitrogens with one attached hydrogen (secondary N) is 1. The first-order chi connectivity index (χ1) is 9.11. The molecule has 2 heterocycles. The average Bonchev–Trinajstić information content (AvgIpc) is 2.88. The zero-order valence-corrected chi connectivity index (χ0v) is 12.1. The van der Waals surface area contributed by atoms with Crippen molar-refractivity contribution in [2.24, 2.45) is 0 Å². The van der Waals surface area contributed by atoms with Crippen LogP contribution in [-0.4, -0.2) is 19.3 Å². The molecule has 5 heteroatoms. The highest BCUT2D eigenvalue weighted by molar-refractivity contribution is 7.71. The first-order valence-corrected chi connectivity index (χ1v) is 6.78. The second-order valence-corrected chi connectivity index (χ2v) is 5.09. The summed E-state index contributed by atoms with van der Waals surface area (Å²) in [5, 5.41) is 4.53. The molecule has 0 aliphatic heterocycles. The predicted octanol–water partition coefficient (Wildman–Crippen LogP) is 3.52. The SMILES string of the molecule is CCn1nc(C)c2[nH]c(=S)n(-c3ccc(C)cc3)c21. The topological polar surface area (TPSA) is 38.5 Å². The molecule has 0 unspecified atom stereocenters. The molecule has 0 aliphatic rings. The monoisotopic (exact) mass is 272 g/mol. The standard InChI is InChI=1S/C14H16N4S/c1-4-17-13-12(10(3)16-17)15-14(19)18(13)11-7-5-9(2)6-8-11/h5-8H,4H2,1-3H3,(H,15,19). The van der Waals surface area contributed by atoms with E-state index in [1.165, 1.54) is 5.56 Å². The van der Waals surface area contributed by atoms with E-state index in [0.29, 0.717) is 4.77 Å². The van der Waals surface area contributed by atoms with Gasteiger partial charge < -0.3 is 4.98 Å². The van der Waals surface area contributed by atoms with Gasteiger partial charge in [0.15, 0.2) is 10.4 Å². The Kier molecular flexibility index (Phi) is 2.78. The first kappa shape index (κ1) is 12.2. The molecule has 2 aromatic heterocycles. The molecule has 0 spiro atoms. The van der Waals surface area contributed by atoms with Crippen molar-refractivity contribution in [3.63, 3.8) is 0 Å². The van der Waals surface area contributed by atoms with Crippen LogP contribution < -0.4 is 0 Å². The quantitative estimate of drug-likeness (QED) is 0.725. The Morgan fingerprint density at radius 3 is 2.53 bits per heavy atom. The summed E-state index contributed by atoms with van der Waals surface area (Å²) in [6.07, 6.45) is 0. The molecular weight excluding hydrogens is 256 g/mol. The van der Waals surface area contributed by atoms with E-state index < -0.39 is 0 Å². The summed E-state index contributed by atoms with van der Waals surface area (Å²) >= 11 is 5.45. The molecule has 0 atom stereocenters. The molecule has 0 saturated heterocycles. The van der Waals surface area contributed by atoms with E-state index in [9.17, 15) is 0 Å². The minimum atomic E-state index is 0.710. The second-order valence-electron chi connectivity index (χ2n) is 4.70. The van der Waals surface area contributed by atoms with Crippen LogP contribution in [0.3, 0.4) is 0 Å². The van der Waals surface area contributed by atoms with Gasteiger partial charge in [0.2, 0.25) is 0 Å². The highest BCUT2D eigenvalue weighted by Crippen LogP contribution is 2.22. The van der Waals surface area contributed by atoms with Gasteiger partial charge in [-0.15, -0.1) is 0 Å². The lowest BCUT2D eigenvalue weighted by Gasteiger charge is -2.06. The van der Waals surface area contributed by atoms with Gasteiger partial charge in [0.1, 0.15) is 5.52 Å². The van der Waals surface area contributed by atoms with Crippen molar-refractivity contribution in [2.75, 3.05) is 0 Å². The molecule has 0 bridgehead atoms. The Labute approximate surface area is 116 Å². The lowest BCUT2D eigenvalue weighted by atomic mass is 10.2. The predicted molar refractivity (Wildman–Crippen MR) is 79.4 cm³/mol. The number of aromatic nitrogens is 4. The van der Waals surface area contributed by atoms with Crippen LogP contribution >= 0.6 is 12.2 Å². The van der Waals surface area contributed by atoms with Crippen LogP contribution in [0.4, 0.5) is 0 Å². The minimum Gasteiger partial charge on any atom is -0.327 e. The Balaban J connectivity index is 2.36. The molecular formula is C14H16N4S. The van der Waals surface area contributed by atoms with Crippen molar-refractivity contribution in [1.82, 2.24) is 19.3 Å². The summed E-state index contributed by atoms with van der Waals surface area (Å²) in [6, 6.07) is 8.35. The number of nitrogens with zero attached hydrogens (tertiary/aromatic N) is 3. The molecule has 98 valence electrons. The number of H-pyrrole nitrogens is 1. The minimum absolute atomic E-state index is 0.710. The van der Waals surface area contributed by atoms with Gasteiger partial charge in [-0.3, -0.25) is 4.57 Å². The molecule has 4 nitrogen and oxygen atoms in total. The van der Waals surface area contributed by atoms with Gasteiger partial charge in [0, 0.05) is 12.2 Å². The van der Waals surface area contributed by atoms with Crippen LogP contribution in [0.1, 0.15) is 18.2 Å². The summed E-state index contributed by atoms with van der Waals surface area (Å²) < 4.78 is 4.74. The van der Waals surface area contributed by atoms with E-state index in [0.717, 1.165) is 29.1 Å². The molecule has 0 aliphatic carbocycles. The van der Waals surface area contributed by atoms with Crippen LogP contribution in [0.15, 0.2) is 24.3 Å². The van der Waals surface area contributed by atoms with Gasteiger partial charge in [0.05, 0.1) is 5.69 Å². The molecule has 0 amide bonds. The molecule has 3 aromatic rings. The molecule has 0 fully saturated rings. The lowest BCUT2D eigenvalue weighted by Crippen LogP contribution is -2.03. The third-order valence-corrected chi connectivity index (χ3v) is 3.62. The molecule has 0 radical (unpaired) electrons. The van der Waals surface area contributed by atoms with Crippen molar-refractivity contribution >= 4 is 23.4 Å². The number of imidazole rings is 1. The maximum atomic E-state index is 5.45. The van der Waals surface area contributed by atoms with Crippen molar-refractivity contribution < 1.29 is 0 Å².